The van der Waals surface area contributed by atoms with Crippen molar-refractivity contribution in [2.45, 2.75) is 66.0 Å². The second-order valence-corrected chi connectivity index (χ2v) is 8.00. The Morgan fingerprint density at radius 1 is 1.23 bits per heavy atom. The molecule has 5 heteroatoms. The van der Waals surface area contributed by atoms with Gasteiger partial charge in [-0.3, -0.25) is 9.59 Å². The summed E-state index contributed by atoms with van der Waals surface area (Å²) in [6.45, 7) is 8.75. The van der Waals surface area contributed by atoms with Gasteiger partial charge in [-0.1, -0.05) is 62.8 Å². The summed E-state index contributed by atoms with van der Waals surface area (Å²) in [5, 5.41) is 4.98. The van der Waals surface area contributed by atoms with Crippen molar-refractivity contribution < 1.29 is 4.79 Å². The van der Waals surface area contributed by atoms with Gasteiger partial charge >= 0.3 is 4.87 Å². The molecule has 0 radical (unpaired) electrons. The molecule has 0 saturated heterocycles. The summed E-state index contributed by atoms with van der Waals surface area (Å²) in [5.74, 6) is 0.280. The van der Waals surface area contributed by atoms with Gasteiger partial charge in [0.15, 0.2) is 0 Å². The predicted molar refractivity (Wildman–Crippen MR) is 109 cm³/mol. The first-order valence-electron chi connectivity index (χ1n) is 9.45. The van der Waals surface area contributed by atoms with E-state index in [0.717, 1.165) is 17.7 Å². The second kappa shape index (κ2) is 9.72. The molecule has 0 saturated carbocycles. The summed E-state index contributed by atoms with van der Waals surface area (Å²) in [4.78, 5) is 24.2. The van der Waals surface area contributed by atoms with Gasteiger partial charge in [0.2, 0.25) is 5.91 Å². The predicted octanol–water partition coefficient (Wildman–Crippen LogP) is 4.46. The van der Waals surface area contributed by atoms with Crippen LogP contribution in [-0.4, -0.2) is 10.5 Å². The lowest BCUT2D eigenvalue weighted by atomic mass is 9.94. The van der Waals surface area contributed by atoms with Gasteiger partial charge in [0.05, 0.1) is 6.04 Å². The van der Waals surface area contributed by atoms with Gasteiger partial charge in [-0.2, -0.15) is 0 Å². The van der Waals surface area contributed by atoms with Crippen molar-refractivity contribution in [3.63, 3.8) is 0 Å². The molecule has 0 aliphatic carbocycles. The van der Waals surface area contributed by atoms with Crippen molar-refractivity contribution in [1.29, 1.82) is 0 Å². The molecule has 1 atom stereocenters. The molecule has 26 heavy (non-hydrogen) atoms. The SMILES string of the molecule is CCCCc1ccc(C(NC(=O)CCn2c(C)csc2=O)C(C)C)cc1. The Balaban J connectivity index is 1.98. The summed E-state index contributed by atoms with van der Waals surface area (Å²) in [6, 6.07) is 8.58. The molecular weight excluding hydrogens is 344 g/mol. The van der Waals surface area contributed by atoms with E-state index in [9.17, 15) is 9.59 Å². The van der Waals surface area contributed by atoms with E-state index in [1.165, 1.54) is 29.7 Å². The monoisotopic (exact) mass is 374 g/mol. The maximum atomic E-state index is 12.4. The highest BCUT2D eigenvalue weighted by atomic mass is 32.1. The highest BCUT2D eigenvalue weighted by molar-refractivity contribution is 7.07. The van der Waals surface area contributed by atoms with E-state index in [2.05, 4.69) is 50.4 Å². The molecule has 2 aromatic rings. The Morgan fingerprint density at radius 3 is 2.46 bits per heavy atom. The highest BCUT2D eigenvalue weighted by Gasteiger charge is 2.18. The van der Waals surface area contributed by atoms with Crippen molar-refractivity contribution >= 4 is 17.2 Å². The van der Waals surface area contributed by atoms with E-state index in [1.807, 2.05) is 12.3 Å². The zero-order chi connectivity index (χ0) is 19.1. The topological polar surface area (TPSA) is 51.1 Å². The summed E-state index contributed by atoms with van der Waals surface area (Å²) < 4.78 is 1.66. The van der Waals surface area contributed by atoms with Crippen molar-refractivity contribution in [3.8, 4) is 0 Å². The number of unbranched alkanes of at least 4 members (excludes halogenated alkanes) is 1. The Bertz CT molecular complexity index is 759. The van der Waals surface area contributed by atoms with E-state index >= 15 is 0 Å². The Kier molecular flexibility index (Phi) is 7.64. The third-order valence-corrected chi connectivity index (χ3v) is 5.56. The smallest absolute Gasteiger partial charge is 0.307 e. The molecular formula is C21H30N2O2S. The van der Waals surface area contributed by atoms with Crippen LogP contribution in [0.2, 0.25) is 0 Å². The van der Waals surface area contributed by atoms with Crippen LogP contribution in [0.5, 0.6) is 0 Å². The lowest BCUT2D eigenvalue weighted by Crippen LogP contribution is -2.33. The molecule has 0 spiro atoms. The summed E-state index contributed by atoms with van der Waals surface area (Å²) in [5.41, 5.74) is 3.39. The zero-order valence-corrected chi connectivity index (χ0v) is 17.1. The zero-order valence-electron chi connectivity index (χ0n) is 16.2. The molecule has 1 aromatic heterocycles. The molecule has 1 aromatic carbocycles. The molecule has 1 amide bonds. The van der Waals surface area contributed by atoms with Crippen molar-refractivity contribution in [1.82, 2.24) is 9.88 Å². The fourth-order valence-electron chi connectivity index (χ4n) is 3.04. The number of carbonyl (C=O) groups excluding carboxylic acids is 1. The van der Waals surface area contributed by atoms with Gasteiger partial charge in [-0.05, 0) is 36.8 Å². The number of nitrogens with zero attached hydrogens (tertiary/aromatic N) is 1. The number of amides is 1. The number of nitrogens with one attached hydrogen (secondary N) is 1. The van der Waals surface area contributed by atoms with Gasteiger partial charge in [0.1, 0.15) is 0 Å². The van der Waals surface area contributed by atoms with Crippen LogP contribution >= 0.6 is 11.3 Å². The van der Waals surface area contributed by atoms with Crippen LogP contribution in [0.25, 0.3) is 0 Å². The highest BCUT2D eigenvalue weighted by Crippen LogP contribution is 2.22. The van der Waals surface area contributed by atoms with Crippen LogP contribution in [0.4, 0.5) is 0 Å². The number of rotatable bonds is 9. The van der Waals surface area contributed by atoms with Crippen LogP contribution < -0.4 is 10.2 Å². The van der Waals surface area contributed by atoms with Gasteiger partial charge in [0.25, 0.3) is 0 Å². The average molecular weight is 375 g/mol. The van der Waals surface area contributed by atoms with Crippen molar-refractivity contribution in [2.75, 3.05) is 0 Å². The van der Waals surface area contributed by atoms with Gasteiger partial charge in [-0.25, -0.2) is 0 Å². The van der Waals surface area contributed by atoms with Crippen molar-refractivity contribution in [3.05, 3.63) is 56.1 Å². The first kappa shape index (κ1) is 20.4. The number of thiazole rings is 1. The fourth-order valence-corrected chi connectivity index (χ4v) is 3.80. The molecule has 0 fully saturated rings. The summed E-state index contributed by atoms with van der Waals surface area (Å²) >= 11 is 1.18. The van der Waals surface area contributed by atoms with Crippen LogP contribution in [0.1, 0.15) is 62.9 Å². The van der Waals surface area contributed by atoms with E-state index < -0.39 is 0 Å². The van der Waals surface area contributed by atoms with E-state index in [0.29, 0.717) is 18.9 Å². The van der Waals surface area contributed by atoms with Crippen LogP contribution in [0.15, 0.2) is 34.4 Å². The van der Waals surface area contributed by atoms with Gasteiger partial charge in [0, 0.05) is 24.0 Å². The minimum Gasteiger partial charge on any atom is -0.349 e. The lowest BCUT2D eigenvalue weighted by Gasteiger charge is -2.23. The average Bonchev–Trinajstić information content (AvgIpc) is 2.94. The molecule has 1 unspecified atom stereocenters. The largest absolute Gasteiger partial charge is 0.349 e. The van der Waals surface area contributed by atoms with Gasteiger partial charge < -0.3 is 9.88 Å². The number of carbonyl (C=O) groups is 1. The standard InChI is InChI=1S/C21H30N2O2S/c1-5-6-7-17-8-10-18(11-9-17)20(15(2)3)22-19(24)12-13-23-16(4)14-26-21(23)25/h8-11,14-15,20H,5-7,12-13H2,1-4H3,(H,22,24). The third kappa shape index (κ3) is 5.56. The van der Waals surface area contributed by atoms with E-state index in [4.69, 9.17) is 0 Å². The first-order valence-corrected chi connectivity index (χ1v) is 10.3. The summed E-state index contributed by atoms with van der Waals surface area (Å²) in [6.07, 6.45) is 3.81. The maximum absolute atomic E-state index is 12.4. The lowest BCUT2D eigenvalue weighted by molar-refractivity contribution is -0.122. The third-order valence-electron chi connectivity index (χ3n) is 4.68. The quantitative estimate of drug-likeness (QED) is 0.704. The Morgan fingerprint density at radius 2 is 1.92 bits per heavy atom. The second-order valence-electron chi connectivity index (χ2n) is 7.18. The Hall–Kier alpha value is -1.88. The summed E-state index contributed by atoms with van der Waals surface area (Å²) in [7, 11) is 0. The van der Waals surface area contributed by atoms with Crippen LogP contribution in [-0.2, 0) is 17.8 Å². The molecule has 2 rings (SSSR count). The van der Waals surface area contributed by atoms with E-state index in [1.54, 1.807) is 4.57 Å². The Labute approximate surface area is 160 Å². The number of hydrogen-bond acceptors (Lipinski definition) is 3. The normalized spacial score (nSPS) is 12.3. The minimum absolute atomic E-state index is 0.00150. The molecule has 1 heterocycles. The number of benzene rings is 1. The molecule has 0 aliphatic rings. The molecule has 0 bridgehead atoms. The molecule has 0 aliphatic heterocycles. The molecule has 4 nitrogen and oxygen atoms in total. The number of aromatic nitrogens is 1. The van der Waals surface area contributed by atoms with Crippen LogP contribution in [0, 0.1) is 12.8 Å². The van der Waals surface area contributed by atoms with E-state index in [-0.39, 0.29) is 16.8 Å². The first-order chi connectivity index (χ1) is 12.4. The number of aryl methyl sites for hydroxylation is 2. The van der Waals surface area contributed by atoms with Crippen molar-refractivity contribution in [2.24, 2.45) is 5.92 Å². The van der Waals surface area contributed by atoms with Gasteiger partial charge in [-0.15, -0.1) is 0 Å². The fraction of sp³-hybridized carbons (Fsp3) is 0.524. The molecule has 142 valence electrons. The minimum atomic E-state index is -0.0174. The van der Waals surface area contributed by atoms with Crippen LogP contribution in [0.3, 0.4) is 0 Å². The molecule has 1 N–H and O–H groups in total. The maximum Gasteiger partial charge on any atom is 0.307 e. The number of hydrogen-bond donors (Lipinski definition) is 1.